The van der Waals surface area contributed by atoms with Gasteiger partial charge in [0, 0.05) is 11.4 Å². The fourth-order valence-corrected chi connectivity index (χ4v) is 1.68. The van der Waals surface area contributed by atoms with Crippen LogP contribution in [0.1, 0.15) is 19.4 Å². The average molecular weight is 247 g/mol. The Bertz CT molecular complexity index is 355. The summed E-state index contributed by atoms with van der Waals surface area (Å²) < 4.78 is 13.3. The third-order valence-corrected chi connectivity index (χ3v) is 2.75. The van der Waals surface area contributed by atoms with Crippen LogP contribution in [-0.4, -0.2) is 22.4 Å². The maximum atomic E-state index is 13.3. The van der Waals surface area contributed by atoms with Crippen LogP contribution in [0.3, 0.4) is 0 Å². The highest BCUT2D eigenvalue weighted by Crippen LogP contribution is 2.18. The number of hydrogen-bond donors (Lipinski definition) is 2. The van der Waals surface area contributed by atoms with Gasteiger partial charge in [0.1, 0.15) is 5.82 Å². The smallest absolute Gasteiger partial charge is 0.126 e. The third kappa shape index (κ3) is 3.44. The van der Waals surface area contributed by atoms with Crippen molar-refractivity contribution in [3.63, 3.8) is 0 Å². The lowest BCUT2D eigenvalue weighted by atomic mass is 9.96. The van der Waals surface area contributed by atoms with Crippen molar-refractivity contribution in [3.8, 4) is 0 Å². The van der Waals surface area contributed by atoms with Crippen LogP contribution in [0.5, 0.6) is 0 Å². The van der Waals surface area contributed by atoms with Crippen LogP contribution in [-0.2, 0) is 6.42 Å². The Labute approximate surface area is 99.7 Å². The van der Waals surface area contributed by atoms with Gasteiger partial charge in [-0.2, -0.15) is 0 Å². The second-order valence-electron chi connectivity index (χ2n) is 4.24. The van der Waals surface area contributed by atoms with Gasteiger partial charge >= 0.3 is 0 Å². The van der Waals surface area contributed by atoms with Crippen molar-refractivity contribution < 1.29 is 14.6 Å². The molecule has 1 aromatic carbocycles. The van der Waals surface area contributed by atoms with Gasteiger partial charge in [0.25, 0.3) is 0 Å². The summed E-state index contributed by atoms with van der Waals surface area (Å²) in [5, 5.41) is 19.7. The van der Waals surface area contributed by atoms with Crippen molar-refractivity contribution >= 4 is 11.6 Å². The van der Waals surface area contributed by atoms with Gasteiger partial charge in [-0.15, -0.1) is 0 Å². The van der Waals surface area contributed by atoms with Crippen LogP contribution in [0.2, 0.25) is 5.02 Å². The van der Waals surface area contributed by atoms with Crippen LogP contribution in [0, 0.1) is 11.7 Å². The number of halogens is 2. The monoisotopic (exact) mass is 246 g/mol. The first-order valence-corrected chi connectivity index (χ1v) is 5.59. The average Bonchev–Trinajstić information content (AvgIpc) is 2.22. The summed E-state index contributed by atoms with van der Waals surface area (Å²) in [7, 11) is 0. The molecule has 2 nitrogen and oxygen atoms in total. The zero-order chi connectivity index (χ0) is 12.3. The largest absolute Gasteiger partial charge is 0.390 e. The van der Waals surface area contributed by atoms with Crippen LogP contribution < -0.4 is 0 Å². The van der Waals surface area contributed by atoms with Crippen molar-refractivity contribution in [1.29, 1.82) is 0 Å². The first-order chi connectivity index (χ1) is 7.41. The van der Waals surface area contributed by atoms with Crippen LogP contribution in [0.15, 0.2) is 18.2 Å². The molecule has 0 aliphatic carbocycles. The molecule has 0 saturated heterocycles. The van der Waals surface area contributed by atoms with Crippen LogP contribution in [0.25, 0.3) is 0 Å². The van der Waals surface area contributed by atoms with Gasteiger partial charge < -0.3 is 10.2 Å². The molecule has 90 valence electrons. The zero-order valence-corrected chi connectivity index (χ0v) is 10.1. The van der Waals surface area contributed by atoms with E-state index in [1.54, 1.807) is 13.8 Å². The summed E-state index contributed by atoms with van der Waals surface area (Å²) in [4.78, 5) is 0. The molecule has 0 fully saturated rings. The second kappa shape index (κ2) is 5.62. The molecule has 0 aromatic heterocycles. The zero-order valence-electron chi connectivity index (χ0n) is 9.32. The number of aliphatic hydroxyl groups is 2. The minimum atomic E-state index is -0.979. The van der Waals surface area contributed by atoms with Crippen molar-refractivity contribution in [2.45, 2.75) is 32.5 Å². The Kier molecular flexibility index (Phi) is 4.71. The second-order valence-corrected chi connectivity index (χ2v) is 4.68. The van der Waals surface area contributed by atoms with Gasteiger partial charge in [-0.1, -0.05) is 25.4 Å². The number of hydrogen-bond acceptors (Lipinski definition) is 2. The number of benzene rings is 1. The van der Waals surface area contributed by atoms with Crippen molar-refractivity contribution in [2.24, 2.45) is 5.92 Å². The van der Waals surface area contributed by atoms with E-state index in [0.29, 0.717) is 10.6 Å². The van der Waals surface area contributed by atoms with Gasteiger partial charge in [0.15, 0.2) is 0 Å². The molecule has 0 saturated carbocycles. The van der Waals surface area contributed by atoms with Crippen LogP contribution >= 0.6 is 11.6 Å². The van der Waals surface area contributed by atoms with Crippen molar-refractivity contribution in [2.75, 3.05) is 0 Å². The number of rotatable bonds is 4. The fourth-order valence-electron chi connectivity index (χ4n) is 1.49. The molecular weight excluding hydrogens is 231 g/mol. The third-order valence-electron chi connectivity index (χ3n) is 2.51. The summed E-state index contributed by atoms with van der Waals surface area (Å²) in [5.41, 5.74) is 0.319. The molecule has 2 N–H and O–H groups in total. The van der Waals surface area contributed by atoms with Crippen molar-refractivity contribution in [1.82, 2.24) is 0 Å². The number of aliphatic hydroxyl groups excluding tert-OH is 2. The van der Waals surface area contributed by atoms with E-state index in [2.05, 4.69) is 0 Å². The lowest BCUT2D eigenvalue weighted by molar-refractivity contribution is -0.00768. The Hall–Kier alpha value is -0.640. The van der Waals surface area contributed by atoms with E-state index in [-0.39, 0.29) is 12.3 Å². The maximum Gasteiger partial charge on any atom is 0.126 e. The first kappa shape index (κ1) is 13.4. The highest BCUT2D eigenvalue weighted by Gasteiger charge is 2.21. The highest BCUT2D eigenvalue weighted by molar-refractivity contribution is 6.30. The minimum Gasteiger partial charge on any atom is -0.390 e. The molecule has 16 heavy (non-hydrogen) atoms. The molecule has 1 aromatic rings. The Morgan fingerprint density at radius 1 is 1.31 bits per heavy atom. The molecule has 0 aliphatic heterocycles. The standard InChI is InChI=1S/C12H16ClFO2/c1-7(2)12(16)11(15)6-8-5-9(13)3-4-10(8)14/h3-5,7,11-12,15-16H,6H2,1-2H3. The maximum absolute atomic E-state index is 13.3. The lowest BCUT2D eigenvalue weighted by Gasteiger charge is -2.21. The van der Waals surface area contributed by atoms with Gasteiger partial charge in [0.2, 0.25) is 0 Å². The van der Waals surface area contributed by atoms with Gasteiger partial charge in [0.05, 0.1) is 12.2 Å². The molecule has 2 atom stereocenters. The molecule has 0 spiro atoms. The van der Waals surface area contributed by atoms with Gasteiger partial charge in [-0.05, 0) is 29.7 Å². The molecule has 0 heterocycles. The van der Waals surface area contributed by atoms with E-state index in [9.17, 15) is 14.6 Å². The van der Waals surface area contributed by atoms with E-state index in [0.717, 1.165) is 0 Å². The van der Waals surface area contributed by atoms with Gasteiger partial charge in [-0.25, -0.2) is 4.39 Å². The quantitative estimate of drug-likeness (QED) is 0.857. The topological polar surface area (TPSA) is 40.5 Å². The SMILES string of the molecule is CC(C)C(O)C(O)Cc1cc(Cl)ccc1F. The Balaban J connectivity index is 2.76. The van der Waals surface area contributed by atoms with E-state index in [1.807, 2.05) is 0 Å². The van der Waals surface area contributed by atoms with Crippen molar-refractivity contribution in [3.05, 3.63) is 34.6 Å². The molecular formula is C12H16ClFO2. The van der Waals surface area contributed by atoms with E-state index >= 15 is 0 Å². The van der Waals surface area contributed by atoms with E-state index in [1.165, 1.54) is 18.2 Å². The van der Waals surface area contributed by atoms with E-state index in [4.69, 9.17) is 11.6 Å². The molecule has 0 aliphatic rings. The predicted octanol–water partition coefficient (Wildman–Crippen LogP) is 2.40. The molecule has 0 radical (unpaired) electrons. The Morgan fingerprint density at radius 3 is 2.50 bits per heavy atom. The summed E-state index contributed by atoms with van der Waals surface area (Å²) in [6.45, 7) is 3.59. The van der Waals surface area contributed by atoms with Crippen LogP contribution in [0.4, 0.5) is 4.39 Å². The molecule has 0 bridgehead atoms. The molecule has 0 amide bonds. The summed E-state index contributed by atoms with van der Waals surface area (Å²) in [6.07, 6.45) is -1.78. The summed E-state index contributed by atoms with van der Waals surface area (Å²) in [5.74, 6) is -0.489. The normalized spacial score (nSPS) is 15.2. The minimum absolute atomic E-state index is 0.0612. The molecule has 1 rings (SSSR count). The van der Waals surface area contributed by atoms with Gasteiger partial charge in [-0.3, -0.25) is 0 Å². The molecule has 2 unspecified atom stereocenters. The summed E-state index contributed by atoms with van der Waals surface area (Å²) >= 11 is 5.73. The highest BCUT2D eigenvalue weighted by atomic mass is 35.5. The summed E-state index contributed by atoms with van der Waals surface area (Å²) in [6, 6.07) is 4.17. The lowest BCUT2D eigenvalue weighted by Crippen LogP contribution is -2.32. The first-order valence-electron chi connectivity index (χ1n) is 5.22. The molecule has 4 heteroatoms. The predicted molar refractivity (Wildman–Crippen MR) is 62.0 cm³/mol. The Morgan fingerprint density at radius 2 is 1.94 bits per heavy atom. The van der Waals surface area contributed by atoms with E-state index < -0.39 is 18.0 Å². The fraction of sp³-hybridized carbons (Fsp3) is 0.500.